The van der Waals surface area contributed by atoms with Gasteiger partial charge in [-0.25, -0.2) is 0 Å². The zero-order valence-corrected chi connectivity index (χ0v) is 12.4. The minimum absolute atomic E-state index is 0.165. The van der Waals surface area contributed by atoms with Gasteiger partial charge in [0, 0.05) is 12.0 Å². The highest BCUT2D eigenvalue weighted by molar-refractivity contribution is 6.12. The van der Waals surface area contributed by atoms with Crippen molar-refractivity contribution in [3.63, 3.8) is 0 Å². The molecule has 0 saturated carbocycles. The van der Waals surface area contributed by atoms with Crippen LogP contribution < -0.4 is 0 Å². The number of ketones is 1. The van der Waals surface area contributed by atoms with Gasteiger partial charge in [-0.05, 0) is 57.0 Å². The SMILES string of the molecule is C=C1CC(=O)c2cc(-c3cccc4c3C(=C)CC4=C)ccc21. The summed E-state index contributed by atoms with van der Waals surface area (Å²) in [5.41, 5.74) is 9.48. The maximum atomic E-state index is 12.1. The zero-order chi connectivity index (χ0) is 15.4. The van der Waals surface area contributed by atoms with E-state index in [-0.39, 0.29) is 5.78 Å². The van der Waals surface area contributed by atoms with Crippen molar-refractivity contribution in [3.05, 3.63) is 78.4 Å². The number of benzene rings is 2. The lowest BCUT2D eigenvalue weighted by molar-refractivity contribution is 0.100. The van der Waals surface area contributed by atoms with E-state index in [1.807, 2.05) is 18.2 Å². The average molecular weight is 284 g/mol. The number of Topliss-reactive ketones (excluding diaryl/α,β-unsaturated/α-hetero) is 1. The molecule has 1 nitrogen and oxygen atoms in total. The number of carbonyl (C=O) groups is 1. The Bertz CT molecular complexity index is 896. The summed E-state index contributed by atoms with van der Waals surface area (Å²) >= 11 is 0. The highest BCUT2D eigenvalue weighted by atomic mass is 16.1. The number of carbonyl (C=O) groups excluding carboxylic acids is 1. The highest BCUT2D eigenvalue weighted by Crippen LogP contribution is 2.44. The lowest BCUT2D eigenvalue weighted by Crippen LogP contribution is -1.93. The molecular weight excluding hydrogens is 268 g/mol. The van der Waals surface area contributed by atoms with Gasteiger partial charge < -0.3 is 0 Å². The molecule has 2 aliphatic rings. The summed E-state index contributed by atoms with van der Waals surface area (Å²) in [4.78, 5) is 12.1. The summed E-state index contributed by atoms with van der Waals surface area (Å²) in [6, 6.07) is 12.3. The maximum absolute atomic E-state index is 12.1. The molecule has 0 aliphatic heterocycles. The van der Waals surface area contributed by atoms with Crippen LogP contribution in [0.15, 0.2) is 56.1 Å². The van der Waals surface area contributed by atoms with Crippen LogP contribution >= 0.6 is 0 Å². The second-order valence-electron chi connectivity index (χ2n) is 6.08. The molecule has 2 aliphatic carbocycles. The molecular formula is C21H16O. The molecule has 0 spiro atoms. The van der Waals surface area contributed by atoms with E-state index in [1.54, 1.807) is 0 Å². The van der Waals surface area contributed by atoms with Crippen LogP contribution in [0.4, 0.5) is 0 Å². The highest BCUT2D eigenvalue weighted by Gasteiger charge is 2.25. The molecule has 0 saturated heterocycles. The van der Waals surface area contributed by atoms with Gasteiger partial charge in [0.25, 0.3) is 0 Å². The number of fused-ring (bicyclic) bond motifs is 2. The van der Waals surface area contributed by atoms with Gasteiger partial charge in [-0.15, -0.1) is 0 Å². The molecule has 2 aromatic rings. The minimum atomic E-state index is 0.165. The normalized spacial score (nSPS) is 16.2. The summed E-state index contributed by atoms with van der Waals surface area (Å²) in [6.07, 6.45) is 1.27. The zero-order valence-electron chi connectivity index (χ0n) is 12.4. The average Bonchev–Trinajstić information content (AvgIpc) is 2.96. The third-order valence-corrected chi connectivity index (χ3v) is 4.61. The van der Waals surface area contributed by atoms with Crippen molar-refractivity contribution >= 4 is 22.5 Å². The molecule has 2 aromatic carbocycles. The predicted octanol–water partition coefficient (Wildman–Crippen LogP) is 5.38. The Morgan fingerprint density at radius 1 is 0.727 bits per heavy atom. The first-order chi connectivity index (χ1) is 10.6. The van der Waals surface area contributed by atoms with Crippen molar-refractivity contribution < 1.29 is 4.79 Å². The van der Waals surface area contributed by atoms with Crippen LogP contribution in [0.3, 0.4) is 0 Å². The van der Waals surface area contributed by atoms with Crippen molar-refractivity contribution in [2.24, 2.45) is 0 Å². The van der Waals surface area contributed by atoms with Crippen molar-refractivity contribution in [3.8, 4) is 11.1 Å². The van der Waals surface area contributed by atoms with Crippen LogP contribution in [0.1, 0.15) is 39.9 Å². The monoisotopic (exact) mass is 284 g/mol. The van der Waals surface area contributed by atoms with Gasteiger partial charge in [0.05, 0.1) is 0 Å². The van der Waals surface area contributed by atoms with Crippen LogP contribution in [0.25, 0.3) is 27.8 Å². The standard InChI is InChI=1S/C21H16O/c1-12-9-14(3)21-17(12)5-4-6-18(21)15-7-8-16-13(2)10-20(22)19(16)11-15/h4-8,11H,1-3,9-10H2. The summed E-state index contributed by atoms with van der Waals surface area (Å²) in [7, 11) is 0. The van der Waals surface area contributed by atoms with E-state index in [0.29, 0.717) is 6.42 Å². The molecule has 4 rings (SSSR count). The molecule has 0 amide bonds. The first kappa shape index (κ1) is 13.0. The quantitative estimate of drug-likeness (QED) is 0.686. The lowest BCUT2D eigenvalue weighted by Gasteiger charge is -2.11. The number of hydrogen-bond donors (Lipinski definition) is 0. The van der Waals surface area contributed by atoms with Gasteiger partial charge in [0.2, 0.25) is 0 Å². The fraction of sp³-hybridized carbons (Fsp3) is 0.0952. The van der Waals surface area contributed by atoms with Gasteiger partial charge in [0.1, 0.15) is 0 Å². The lowest BCUT2D eigenvalue weighted by atomic mass is 9.93. The fourth-order valence-corrected chi connectivity index (χ4v) is 3.54. The Balaban J connectivity index is 1.94. The molecule has 0 heterocycles. The van der Waals surface area contributed by atoms with E-state index in [1.165, 1.54) is 11.1 Å². The smallest absolute Gasteiger partial charge is 0.167 e. The number of allylic oxidation sites excluding steroid dienone is 3. The van der Waals surface area contributed by atoms with Gasteiger partial charge in [-0.2, -0.15) is 0 Å². The minimum Gasteiger partial charge on any atom is -0.294 e. The number of hydrogen-bond acceptors (Lipinski definition) is 1. The van der Waals surface area contributed by atoms with Gasteiger partial charge in [-0.3, -0.25) is 4.79 Å². The fourth-order valence-electron chi connectivity index (χ4n) is 3.54. The first-order valence-corrected chi connectivity index (χ1v) is 7.41. The van der Waals surface area contributed by atoms with Crippen molar-refractivity contribution in [1.29, 1.82) is 0 Å². The first-order valence-electron chi connectivity index (χ1n) is 7.41. The summed E-state index contributed by atoms with van der Waals surface area (Å²) in [6.45, 7) is 12.3. The Labute approximate surface area is 130 Å². The Kier molecular flexibility index (Phi) is 2.61. The molecule has 0 aromatic heterocycles. The van der Waals surface area contributed by atoms with Crippen molar-refractivity contribution in [1.82, 2.24) is 0 Å². The molecule has 0 radical (unpaired) electrons. The maximum Gasteiger partial charge on any atom is 0.167 e. The van der Waals surface area contributed by atoms with Crippen LogP contribution in [-0.4, -0.2) is 5.78 Å². The molecule has 0 atom stereocenters. The molecule has 1 heteroatoms. The summed E-state index contributed by atoms with van der Waals surface area (Å²) in [5.74, 6) is 0.165. The van der Waals surface area contributed by atoms with E-state index in [0.717, 1.165) is 45.4 Å². The molecule has 22 heavy (non-hydrogen) atoms. The van der Waals surface area contributed by atoms with Crippen LogP contribution in [0, 0.1) is 0 Å². The van der Waals surface area contributed by atoms with E-state index >= 15 is 0 Å². The van der Waals surface area contributed by atoms with E-state index in [9.17, 15) is 4.79 Å². The molecule has 106 valence electrons. The van der Waals surface area contributed by atoms with Gasteiger partial charge >= 0.3 is 0 Å². The van der Waals surface area contributed by atoms with Gasteiger partial charge in [-0.1, -0.05) is 50.1 Å². The second kappa shape index (κ2) is 4.41. The van der Waals surface area contributed by atoms with Crippen LogP contribution in [0.5, 0.6) is 0 Å². The van der Waals surface area contributed by atoms with E-state index < -0.39 is 0 Å². The molecule has 0 unspecified atom stereocenters. The van der Waals surface area contributed by atoms with Crippen LogP contribution in [0.2, 0.25) is 0 Å². The molecule has 0 bridgehead atoms. The summed E-state index contributed by atoms with van der Waals surface area (Å²) < 4.78 is 0. The Morgan fingerprint density at radius 3 is 2.27 bits per heavy atom. The van der Waals surface area contributed by atoms with Gasteiger partial charge in [0.15, 0.2) is 5.78 Å². The van der Waals surface area contributed by atoms with E-state index in [2.05, 4.69) is 37.9 Å². The van der Waals surface area contributed by atoms with Crippen molar-refractivity contribution in [2.75, 3.05) is 0 Å². The van der Waals surface area contributed by atoms with E-state index in [4.69, 9.17) is 0 Å². The Morgan fingerprint density at radius 2 is 1.45 bits per heavy atom. The third kappa shape index (κ3) is 1.69. The number of rotatable bonds is 1. The largest absolute Gasteiger partial charge is 0.294 e. The molecule has 0 fully saturated rings. The predicted molar refractivity (Wildman–Crippen MR) is 92.5 cm³/mol. The van der Waals surface area contributed by atoms with Crippen LogP contribution in [-0.2, 0) is 0 Å². The van der Waals surface area contributed by atoms with Crippen molar-refractivity contribution in [2.45, 2.75) is 12.8 Å². The topological polar surface area (TPSA) is 17.1 Å². The third-order valence-electron chi connectivity index (χ3n) is 4.61. The molecule has 0 N–H and O–H groups in total. The second-order valence-corrected chi connectivity index (χ2v) is 6.08. The summed E-state index contributed by atoms with van der Waals surface area (Å²) in [5, 5.41) is 0. The Hall–Kier alpha value is -2.67.